The van der Waals surface area contributed by atoms with E-state index in [2.05, 4.69) is 20.8 Å². The van der Waals surface area contributed by atoms with Crippen molar-refractivity contribution in [2.45, 2.75) is 16.6 Å². The fourth-order valence-electron chi connectivity index (χ4n) is 2.72. The zero-order valence-corrected chi connectivity index (χ0v) is 18.3. The van der Waals surface area contributed by atoms with Crippen LogP contribution >= 0.6 is 47.0 Å². The van der Waals surface area contributed by atoms with Gasteiger partial charge in [0, 0.05) is 23.6 Å². The molecular weight excluding hydrogens is 444 g/mol. The summed E-state index contributed by atoms with van der Waals surface area (Å²) >= 11 is 5.87. The maximum Gasteiger partial charge on any atom is 0.352 e. The lowest BCUT2D eigenvalue weighted by atomic mass is 10.0. The number of nitrogens with one attached hydrogen (secondary N) is 1. The van der Waals surface area contributed by atoms with Crippen LogP contribution in [0.5, 0.6) is 0 Å². The number of carboxylic acid groups (broad SMARTS) is 1. The second-order valence-corrected chi connectivity index (χ2v) is 10.1. The standard InChI is InChI=1S/C14H18N6O4S4/c1-19-14(16-17-18-19)28-4-7-3-27-12-9(15-8(21)5-26-6-25-2)11(22)20(12)10(7)13(23)24/h9,12H,3-6H2,1-2H3,(H,15,21)(H,23,24)/t9-,12?/m0/s1. The molecule has 2 aliphatic heterocycles. The third-order valence-electron chi connectivity index (χ3n) is 3.96. The van der Waals surface area contributed by atoms with Gasteiger partial charge >= 0.3 is 5.97 Å². The van der Waals surface area contributed by atoms with Crippen LogP contribution in [0.1, 0.15) is 0 Å². The summed E-state index contributed by atoms with van der Waals surface area (Å²) in [6, 6.07) is -0.682. The molecule has 3 rings (SSSR count). The molecule has 3 heterocycles. The van der Waals surface area contributed by atoms with Gasteiger partial charge in [-0.1, -0.05) is 11.8 Å². The first kappa shape index (κ1) is 21.3. The van der Waals surface area contributed by atoms with Crippen molar-refractivity contribution in [1.82, 2.24) is 30.4 Å². The van der Waals surface area contributed by atoms with Crippen LogP contribution in [0.4, 0.5) is 0 Å². The maximum atomic E-state index is 12.6. The minimum Gasteiger partial charge on any atom is -0.477 e. The number of aromatic nitrogens is 4. The number of hydrogen-bond acceptors (Lipinski definition) is 10. The number of carbonyl (C=O) groups excluding carboxylic acids is 2. The van der Waals surface area contributed by atoms with Gasteiger partial charge in [0.25, 0.3) is 5.91 Å². The Morgan fingerprint density at radius 1 is 1.43 bits per heavy atom. The number of carbonyl (C=O) groups is 3. The van der Waals surface area contributed by atoms with Crippen molar-refractivity contribution >= 4 is 64.8 Å². The van der Waals surface area contributed by atoms with E-state index in [1.54, 1.807) is 18.8 Å². The lowest BCUT2D eigenvalue weighted by molar-refractivity contribution is -0.150. The van der Waals surface area contributed by atoms with Crippen LogP contribution in [-0.2, 0) is 21.4 Å². The van der Waals surface area contributed by atoms with Crippen molar-refractivity contribution < 1.29 is 19.5 Å². The van der Waals surface area contributed by atoms with Crippen LogP contribution in [0.25, 0.3) is 0 Å². The fraction of sp³-hybridized carbons (Fsp3) is 0.571. The van der Waals surface area contributed by atoms with Crippen LogP contribution in [0.3, 0.4) is 0 Å². The highest BCUT2D eigenvalue weighted by Gasteiger charge is 2.54. The summed E-state index contributed by atoms with van der Waals surface area (Å²) in [4.78, 5) is 37.7. The summed E-state index contributed by atoms with van der Waals surface area (Å²) in [6.45, 7) is 0. The zero-order valence-electron chi connectivity index (χ0n) is 15.0. The number of amides is 2. The van der Waals surface area contributed by atoms with E-state index in [1.807, 2.05) is 6.26 Å². The molecule has 0 spiro atoms. The van der Waals surface area contributed by atoms with Crippen molar-refractivity contribution in [3.05, 3.63) is 11.3 Å². The summed E-state index contributed by atoms with van der Waals surface area (Å²) in [5.41, 5.74) is 0.633. The summed E-state index contributed by atoms with van der Waals surface area (Å²) in [5.74, 6) is -0.651. The first-order valence-corrected chi connectivity index (χ1v) is 12.6. The number of rotatable bonds is 9. The average Bonchev–Trinajstić information content (AvgIpc) is 3.08. The Kier molecular flexibility index (Phi) is 7.17. The smallest absolute Gasteiger partial charge is 0.352 e. The van der Waals surface area contributed by atoms with Crippen molar-refractivity contribution in [2.75, 3.05) is 28.6 Å². The van der Waals surface area contributed by atoms with Crippen LogP contribution in [0.2, 0.25) is 0 Å². The van der Waals surface area contributed by atoms with Gasteiger partial charge in [0.15, 0.2) is 0 Å². The first-order chi connectivity index (χ1) is 13.4. The van der Waals surface area contributed by atoms with Crippen LogP contribution in [0, 0.1) is 0 Å². The van der Waals surface area contributed by atoms with Gasteiger partial charge in [0.05, 0.1) is 5.75 Å². The van der Waals surface area contributed by atoms with E-state index in [4.69, 9.17) is 0 Å². The molecule has 0 bridgehead atoms. The molecule has 1 unspecified atom stereocenters. The highest BCUT2D eigenvalue weighted by Crippen LogP contribution is 2.41. The largest absolute Gasteiger partial charge is 0.477 e. The Morgan fingerprint density at radius 2 is 2.21 bits per heavy atom. The Hall–Kier alpha value is -1.38. The Balaban J connectivity index is 1.66. The molecule has 1 aromatic heterocycles. The Morgan fingerprint density at radius 3 is 2.86 bits per heavy atom. The zero-order chi connectivity index (χ0) is 20.3. The topological polar surface area (TPSA) is 130 Å². The Bertz CT molecular complexity index is 816. The number of tetrazole rings is 1. The van der Waals surface area contributed by atoms with Crippen molar-refractivity contribution in [3.63, 3.8) is 0 Å². The van der Waals surface area contributed by atoms with Gasteiger partial charge in [-0.05, 0) is 22.3 Å². The minimum atomic E-state index is -1.15. The second kappa shape index (κ2) is 9.41. The molecule has 0 aliphatic carbocycles. The molecule has 1 aromatic rings. The summed E-state index contributed by atoms with van der Waals surface area (Å²) in [5, 5.41) is 24.5. The predicted octanol–water partition coefficient (Wildman–Crippen LogP) is 0.0945. The van der Waals surface area contributed by atoms with E-state index >= 15 is 0 Å². The fourth-order valence-corrected chi connectivity index (χ4v) is 6.33. The minimum absolute atomic E-state index is 0.00126. The van der Waals surface area contributed by atoms with E-state index < -0.39 is 17.4 Å². The van der Waals surface area contributed by atoms with E-state index in [1.165, 1.54) is 44.9 Å². The number of aliphatic carboxylic acids is 1. The molecule has 28 heavy (non-hydrogen) atoms. The number of hydrogen-bond donors (Lipinski definition) is 2. The number of aryl methyl sites for hydroxylation is 1. The van der Waals surface area contributed by atoms with Crippen molar-refractivity contribution in [1.29, 1.82) is 0 Å². The number of carboxylic acids is 1. The second-order valence-electron chi connectivity index (χ2n) is 5.84. The molecule has 14 heteroatoms. The number of thioether (sulfide) groups is 4. The van der Waals surface area contributed by atoms with Crippen LogP contribution in [-0.4, -0.2) is 88.0 Å². The van der Waals surface area contributed by atoms with Gasteiger partial charge in [-0.2, -0.15) is 11.8 Å². The number of β-lactam (4-membered cyclic amide) rings is 1. The molecular formula is C14H18N6O4S4. The molecule has 152 valence electrons. The Labute approximate surface area is 178 Å². The number of nitrogens with zero attached hydrogens (tertiary/aromatic N) is 5. The first-order valence-electron chi connectivity index (χ1n) is 8.05. The van der Waals surface area contributed by atoms with Gasteiger partial charge in [-0.3, -0.25) is 14.5 Å². The molecule has 2 N–H and O–H groups in total. The summed E-state index contributed by atoms with van der Waals surface area (Å²) in [6.07, 6.45) is 1.95. The molecule has 1 fully saturated rings. The number of fused-ring (bicyclic) bond motifs is 1. The van der Waals surface area contributed by atoms with E-state index in [-0.39, 0.29) is 23.3 Å². The lowest BCUT2D eigenvalue weighted by Gasteiger charge is -2.49. The van der Waals surface area contributed by atoms with E-state index in [0.29, 0.717) is 22.2 Å². The SMILES string of the molecule is CSCSCC(=O)N[C@H]1C(=O)N2C(C(=O)O)=C(CSc3nnnn3C)CSC12. The van der Waals surface area contributed by atoms with Crippen molar-refractivity contribution in [3.8, 4) is 0 Å². The monoisotopic (exact) mass is 462 g/mol. The molecule has 0 saturated carbocycles. The van der Waals surface area contributed by atoms with Gasteiger partial charge < -0.3 is 10.4 Å². The summed E-state index contributed by atoms with van der Waals surface area (Å²) < 4.78 is 1.50. The quantitative estimate of drug-likeness (QED) is 0.224. The molecule has 1 saturated heterocycles. The maximum absolute atomic E-state index is 12.6. The average molecular weight is 463 g/mol. The highest BCUT2D eigenvalue weighted by molar-refractivity contribution is 8.15. The molecule has 2 amide bonds. The van der Waals surface area contributed by atoms with Gasteiger partial charge in [-0.25, -0.2) is 9.48 Å². The molecule has 0 radical (unpaired) electrons. The van der Waals surface area contributed by atoms with Crippen LogP contribution in [0.15, 0.2) is 16.4 Å². The third kappa shape index (κ3) is 4.44. The van der Waals surface area contributed by atoms with Gasteiger partial charge in [-0.15, -0.1) is 28.6 Å². The lowest BCUT2D eigenvalue weighted by Crippen LogP contribution is -2.70. The third-order valence-corrected chi connectivity index (χ3v) is 8.47. The highest BCUT2D eigenvalue weighted by atomic mass is 32.2. The van der Waals surface area contributed by atoms with E-state index in [0.717, 1.165) is 5.08 Å². The van der Waals surface area contributed by atoms with Gasteiger partial charge in [0.2, 0.25) is 11.1 Å². The van der Waals surface area contributed by atoms with E-state index in [9.17, 15) is 19.5 Å². The van der Waals surface area contributed by atoms with Crippen molar-refractivity contribution in [2.24, 2.45) is 7.05 Å². The molecule has 2 atom stereocenters. The molecule has 10 nitrogen and oxygen atoms in total. The molecule has 0 aromatic carbocycles. The van der Waals surface area contributed by atoms with Gasteiger partial charge in [0.1, 0.15) is 17.1 Å². The normalized spacial score (nSPS) is 21.4. The predicted molar refractivity (Wildman–Crippen MR) is 110 cm³/mol. The van der Waals surface area contributed by atoms with Crippen LogP contribution < -0.4 is 5.32 Å². The molecule has 2 aliphatic rings. The summed E-state index contributed by atoms with van der Waals surface area (Å²) in [7, 11) is 1.70.